The van der Waals surface area contributed by atoms with Gasteiger partial charge in [0.2, 0.25) is 0 Å². The molecular weight excluding hydrogens is 234 g/mol. The molecule has 0 radical (unpaired) electrons. The Balaban J connectivity index is 2.04. The third-order valence-corrected chi connectivity index (χ3v) is 4.11. The second-order valence-corrected chi connectivity index (χ2v) is 5.55. The highest BCUT2D eigenvalue weighted by Gasteiger charge is 2.20. The molecule has 0 bridgehead atoms. The Kier molecular flexibility index (Phi) is 3.15. The van der Waals surface area contributed by atoms with Gasteiger partial charge in [-0.1, -0.05) is 23.8 Å². The summed E-state index contributed by atoms with van der Waals surface area (Å²) in [5.74, 6) is 0. The van der Waals surface area contributed by atoms with Gasteiger partial charge < -0.3 is 5.32 Å². The maximum absolute atomic E-state index is 4.62. The molecule has 1 saturated heterocycles. The van der Waals surface area contributed by atoms with Gasteiger partial charge in [0.15, 0.2) is 0 Å². The summed E-state index contributed by atoms with van der Waals surface area (Å²) >= 11 is 0. The first-order chi connectivity index (χ1) is 9.16. The van der Waals surface area contributed by atoms with E-state index in [9.17, 15) is 0 Å². The van der Waals surface area contributed by atoms with Crippen molar-refractivity contribution in [3.8, 4) is 11.1 Å². The molecule has 0 aliphatic carbocycles. The zero-order valence-electron chi connectivity index (χ0n) is 11.9. The van der Waals surface area contributed by atoms with Crippen LogP contribution in [0, 0.1) is 20.8 Å². The first kappa shape index (κ1) is 12.4. The van der Waals surface area contributed by atoms with Gasteiger partial charge in [-0.05, 0) is 44.9 Å². The first-order valence-electron chi connectivity index (χ1n) is 6.99. The third-order valence-electron chi connectivity index (χ3n) is 4.11. The molecule has 3 nitrogen and oxygen atoms in total. The summed E-state index contributed by atoms with van der Waals surface area (Å²) in [6.07, 6.45) is 3.20. The molecule has 1 N–H and O–H groups in total. The van der Waals surface area contributed by atoms with Crippen molar-refractivity contribution in [3.63, 3.8) is 0 Å². The van der Waals surface area contributed by atoms with Gasteiger partial charge in [-0.15, -0.1) is 0 Å². The maximum atomic E-state index is 4.62. The molecule has 1 aromatic heterocycles. The zero-order chi connectivity index (χ0) is 13.4. The van der Waals surface area contributed by atoms with Gasteiger partial charge in [0.25, 0.3) is 0 Å². The van der Waals surface area contributed by atoms with Crippen LogP contribution in [0.4, 0.5) is 0 Å². The fourth-order valence-electron chi connectivity index (χ4n) is 2.93. The minimum absolute atomic E-state index is 0.513. The molecule has 2 heterocycles. The van der Waals surface area contributed by atoms with Crippen molar-refractivity contribution in [1.82, 2.24) is 15.1 Å². The number of aromatic nitrogens is 2. The van der Waals surface area contributed by atoms with E-state index in [1.165, 1.54) is 34.4 Å². The van der Waals surface area contributed by atoms with Crippen LogP contribution in [-0.2, 0) is 0 Å². The van der Waals surface area contributed by atoms with Crippen molar-refractivity contribution >= 4 is 0 Å². The van der Waals surface area contributed by atoms with Crippen molar-refractivity contribution in [2.75, 3.05) is 13.1 Å². The summed E-state index contributed by atoms with van der Waals surface area (Å²) in [6, 6.07) is 7.13. The number of aryl methyl sites for hydroxylation is 2. The Morgan fingerprint density at radius 2 is 2.05 bits per heavy atom. The molecule has 1 unspecified atom stereocenters. The highest BCUT2D eigenvalue weighted by atomic mass is 15.3. The Bertz CT molecular complexity index is 592. The largest absolute Gasteiger partial charge is 0.315 e. The lowest BCUT2D eigenvalue weighted by molar-refractivity contribution is 0.480. The molecule has 1 aliphatic rings. The van der Waals surface area contributed by atoms with Crippen LogP contribution in [-0.4, -0.2) is 22.9 Å². The summed E-state index contributed by atoms with van der Waals surface area (Å²) in [5.41, 5.74) is 6.48. The molecule has 3 rings (SSSR count). The van der Waals surface area contributed by atoms with Crippen LogP contribution < -0.4 is 5.32 Å². The van der Waals surface area contributed by atoms with Crippen molar-refractivity contribution in [2.24, 2.45) is 0 Å². The van der Waals surface area contributed by atoms with E-state index < -0.39 is 0 Å². The van der Waals surface area contributed by atoms with Crippen LogP contribution in [0.25, 0.3) is 11.1 Å². The number of hydrogen-bond donors (Lipinski definition) is 1. The minimum Gasteiger partial charge on any atom is -0.315 e. The van der Waals surface area contributed by atoms with Crippen molar-refractivity contribution in [2.45, 2.75) is 33.2 Å². The topological polar surface area (TPSA) is 29.9 Å². The second-order valence-electron chi connectivity index (χ2n) is 5.55. The van der Waals surface area contributed by atoms with Gasteiger partial charge in [0.05, 0.1) is 12.2 Å². The summed E-state index contributed by atoms with van der Waals surface area (Å²) in [7, 11) is 0. The summed E-state index contributed by atoms with van der Waals surface area (Å²) in [4.78, 5) is 0. The van der Waals surface area contributed by atoms with E-state index in [0.29, 0.717) is 6.04 Å². The number of benzene rings is 1. The molecule has 1 aromatic carbocycles. The van der Waals surface area contributed by atoms with Crippen LogP contribution in [0.15, 0.2) is 24.4 Å². The molecule has 3 heteroatoms. The fourth-order valence-corrected chi connectivity index (χ4v) is 2.93. The van der Waals surface area contributed by atoms with E-state index in [1.54, 1.807) is 0 Å². The van der Waals surface area contributed by atoms with Crippen molar-refractivity contribution in [3.05, 3.63) is 41.2 Å². The normalized spacial score (nSPS) is 19.0. The average Bonchev–Trinajstić information content (AvgIpc) is 3.01. The van der Waals surface area contributed by atoms with E-state index in [0.717, 1.165) is 13.1 Å². The van der Waals surface area contributed by atoms with Crippen LogP contribution in [0.3, 0.4) is 0 Å². The Hall–Kier alpha value is -1.61. The number of nitrogens with one attached hydrogen (secondary N) is 1. The highest BCUT2D eigenvalue weighted by Crippen LogP contribution is 2.29. The van der Waals surface area contributed by atoms with E-state index in [4.69, 9.17) is 0 Å². The third kappa shape index (κ3) is 2.19. The molecule has 1 fully saturated rings. The van der Waals surface area contributed by atoms with E-state index >= 15 is 0 Å². The molecule has 1 aliphatic heterocycles. The van der Waals surface area contributed by atoms with Gasteiger partial charge in [-0.25, -0.2) is 0 Å². The summed E-state index contributed by atoms with van der Waals surface area (Å²) in [6.45, 7) is 8.63. The second kappa shape index (κ2) is 4.82. The van der Waals surface area contributed by atoms with Gasteiger partial charge in [0.1, 0.15) is 0 Å². The highest BCUT2D eigenvalue weighted by molar-refractivity contribution is 5.69. The molecule has 100 valence electrons. The maximum Gasteiger partial charge on any atom is 0.0658 e. The van der Waals surface area contributed by atoms with Gasteiger partial charge in [-0.3, -0.25) is 4.68 Å². The standard InChI is InChI=1S/C16H21N3/c1-11-4-5-12(2)15(8-11)16-10-18-19(13(16)3)14-6-7-17-9-14/h4-5,8,10,14,17H,6-7,9H2,1-3H3. The molecule has 0 saturated carbocycles. The number of rotatable bonds is 2. The zero-order valence-corrected chi connectivity index (χ0v) is 11.9. The number of nitrogens with zero attached hydrogens (tertiary/aromatic N) is 2. The van der Waals surface area contributed by atoms with Gasteiger partial charge >= 0.3 is 0 Å². The molecule has 0 spiro atoms. The number of hydrogen-bond acceptors (Lipinski definition) is 2. The lowest BCUT2D eigenvalue weighted by Crippen LogP contribution is -2.15. The van der Waals surface area contributed by atoms with Crippen LogP contribution >= 0.6 is 0 Å². The van der Waals surface area contributed by atoms with Crippen LogP contribution in [0.5, 0.6) is 0 Å². The Labute approximate surface area is 114 Å². The van der Waals surface area contributed by atoms with Crippen LogP contribution in [0.1, 0.15) is 29.3 Å². The molecule has 0 amide bonds. The quantitative estimate of drug-likeness (QED) is 0.894. The first-order valence-corrected chi connectivity index (χ1v) is 6.99. The molecule has 19 heavy (non-hydrogen) atoms. The predicted molar refractivity (Wildman–Crippen MR) is 78.4 cm³/mol. The van der Waals surface area contributed by atoms with Crippen molar-refractivity contribution in [1.29, 1.82) is 0 Å². The fraction of sp³-hybridized carbons (Fsp3) is 0.438. The average molecular weight is 255 g/mol. The van der Waals surface area contributed by atoms with Gasteiger partial charge in [0, 0.05) is 17.8 Å². The smallest absolute Gasteiger partial charge is 0.0658 e. The van der Waals surface area contributed by atoms with Crippen LogP contribution in [0.2, 0.25) is 0 Å². The monoisotopic (exact) mass is 255 g/mol. The molecular formula is C16H21N3. The molecule has 1 atom stereocenters. The Morgan fingerprint density at radius 1 is 1.21 bits per heavy atom. The van der Waals surface area contributed by atoms with E-state index in [-0.39, 0.29) is 0 Å². The van der Waals surface area contributed by atoms with Crippen molar-refractivity contribution < 1.29 is 0 Å². The Morgan fingerprint density at radius 3 is 2.79 bits per heavy atom. The lowest BCUT2D eigenvalue weighted by atomic mass is 9.99. The molecule has 2 aromatic rings. The lowest BCUT2D eigenvalue weighted by Gasteiger charge is -2.13. The SMILES string of the molecule is Cc1ccc(C)c(-c2cnn(C3CCNC3)c2C)c1. The van der Waals surface area contributed by atoms with E-state index in [1.807, 2.05) is 6.20 Å². The minimum atomic E-state index is 0.513. The van der Waals surface area contributed by atoms with Gasteiger partial charge in [-0.2, -0.15) is 5.10 Å². The summed E-state index contributed by atoms with van der Waals surface area (Å²) < 4.78 is 2.19. The predicted octanol–water partition coefficient (Wildman–Crippen LogP) is 3.01. The summed E-state index contributed by atoms with van der Waals surface area (Å²) in [5, 5.41) is 8.03. The van der Waals surface area contributed by atoms with E-state index in [2.05, 4.69) is 54.1 Å².